The summed E-state index contributed by atoms with van der Waals surface area (Å²) in [5.41, 5.74) is 6.18. The summed E-state index contributed by atoms with van der Waals surface area (Å²) >= 11 is 0. The lowest BCUT2D eigenvalue weighted by Gasteiger charge is -2.27. The minimum absolute atomic E-state index is 0.0490. The molecule has 11 nitrogen and oxygen atoms in total. The van der Waals surface area contributed by atoms with Crippen molar-refractivity contribution in [1.29, 1.82) is 0 Å². The van der Waals surface area contributed by atoms with Crippen LogP contribution in [0.25, 0.3) is 33.8 Å². The number of nitrogens with zero attached hydrogens (tertiary/aromatic N) is 6. The van der Waals surface area contributed by atoms with Crippen molar-refractivity contribution in [2.75, 3.05) is 6.61 Å². The van der Waals surface area contributed by atoms with Crippen LogP contribution in [0.15, 0.2) is 73.1 Å². The Morgan fingerprint density at radius 1 is 0.741 bits per heavy atom. The standard InChI is InChI=1S/C26H24F2N4O2.C17H15F2N3O2/c1-14(2)23-20(26(33)31-21-8-9-34-22-7-5-4-6-19(21)22)13-29-32-24(15(3)30-25(23)32)16-10-17(27)12-18(28)11-16;1-8(2)14-13(17(23)24)7-20-22-15(9(3)21-16(14)22)10-4-11(18)6-12(19)5-10/h4-7,10-14,21H,8-9H2,1-3H3,(H,31,33);4-8H,1-3H3,(H,23,24)/t21-;/m0./s1. The van der Waals surface area contributed by atoms with Crippen LogP contribution >= 0.6 is 0 Å². The number of nitrogens with one attached hydrogen (secondary N) is 1. The highest BCUT2D eigenvalue weighted by atomic mass is 19.1. The summed E-state index contributed by atoms with van der Waals surface area (Å²) in [7, 11) is 0. The third-order valence-electron chi connectivity index (χ3n) is 9.89. The van der Waals surface area contributed by atoms with Gasteiger partial charge in [-0.05, 0) is 56.0 Å². The van der Waals surface area contributed by atoms with Crippen molar-refractivity contribution in [2.24, 2.45) is 0 Å². The number of ether oxygens (including phenoxy) is 1. The van der Waals surface area contributed by atoms with Gasteiger partial charge in [0.2, 0.25) is 0 Å². The summed E-state index contributed by atoms with van der Waals surface area (Å²) in [5, 5.41) is 21.1. The Kier molecular flexibility index (Phi) is 10.7. The molecule has 0 saturated carbocycles. The topological polar surface area (TPSA) is 136 Å². The van der Waals surface area contributed by atoms with Gasteiger partial charge in [-0.1, -0.05) is 45.9 Å². The van der Waals surface area contributed by atoms with Crippen LogP contribution in [0.5, 0.6) is 5.75 Å². The Morgan fingerprint density at radius 3 is 1.69 bits per heavy atom. The number of halogens is 4. The van der Waals surface area contributed by atoms with E-state index in [1.54, 1.807) is 18.4 Å². The largest absolute Gasteiger partial charge is 0.493 e. The molecular weight excluding hydrogens is 755 g/mol. The number of imidazole rings is 2. The number of carbonyl (C=O) groups is 2. The van der Waals surface area contributed by atoms with E-state index in [0.29, 0.717) is 69.4 Å². The first kappa shape index (κ1) is 39.6. The van der Waals surface area contributed by atoms with Crippen LogP contribution in [-0.4, -0.2) is 52.8 Å². The maximum absolute atomic E-state index is 13.9. The van der Waals surface area contributed by atoms with Gasteiger partial charge in [0.1, 0.15) is 29.0 Å². The third-order valence-corrected chi connectivity index (χ3v) is 9.89. The van der Waals surface area contributed by atoms with Gasteiger partial charge >= 0.3 is 5.97 Å². The number of para-hydroxylation sites is 1. The van der Waals surface area contributed by atoms with E-state index in [-0.39, 0.29) is 29.3 Å². The lowest BCUT2D eigenvalue weighted by Crippen LogP contribution is -2.33. The van der Waals surface area contributed by atoms with Crippen molar-refractivity contribution in [3.05, 3.63) is 136 Å². The Hall–Kier alpha value is -6.64. The van der Waals surface area contributed by atoms with Crippen LogP contribution in [0.4, 0.5) is 17.6 Å². The van der Waals surface area contributed by atoms with Gasteiger partial charge in [-0.25, -0.2) is 41.4 Å². The van der Waals surface area contributed by atoms with Gasteiger partial charge in [0.05, 0.1) is 58.9 Å². The monoisotopic (exact) mass is 793 g/mol. The van der Waals surface area contributed by atoms with Crippen LogP contribution in [0.2, 0.25) is 0 Å². The lowest BCUT2D eigenvalue weighted by molar-refractivity contribution is 0.0694. The number of carboxylic acids is 1. The predicted molar refractivity (Wildman–Crippen MR) is 208 cm³/mol. The second kappa shape index (κ2) is 15.7. The molecule has 3 aromatic carbocycles. The van der Waals surface area contributed by atoms with Gasteiger partial charge in [-0.2, -0.15) is 10.2 Å². The Morgan fingerprint density at radius 2 is 1.21 bits per heavy atom. The maximum atomic E-state index is 13.9. The number of aromatic nitrogens is 6. The van der Waals surface area contributed by atoms with Gasteiger partial charge in [-0.15, -0.1) is 0 Å². The highest BCUT2D eigenvalue weighted by molar-refractivity contribution is 5.97. The summed E-state index contributed by atoms with van der Waals surface area (Å²) in [4.78, 5) is 33.9. The van der Waals surface area contributed by atoms with Gasteiger partial charge in [0.15, 0.2) is 11.3 Å². The van der Waals surface area contributed by atoms with Crippen molar-refractivity contribution in [3.8, 4) is 28.3 Å². The number of rotatable bonds is 7. The summed E-state index contributed by atoms with van der Waals surface area (Å²) in [6.45, 7) is 11.6. The zero-order valence-electron chi connectivity index (χ0n) is 32.4. The molecule has 0 unspecified atom stereocenters. The van der Waals surface area contributed by atoms with E-state index < -0.39 is 29.2 Å². The number of hydrogen-bond acceptors (Lipinski definition) is 7. The summed E-state index contributed by atoms with van der Waals surface area (Å²) in [6.07, 6.45) is 3.40. The van der Waals surface area contributed by atoms with E-state index >= 15 is 0 Å². The van der Waals surface area contributed by atoms with Crippen molar-refractivity contribution in [2.45, 2.75) is 65.8 Å². The molecule has 0 spiro atoms. The van der Waals surface area contributed by atoms with Crippen LogP contribution in [0.3, 0.4) is 0 Å². The number of carbonyl (C=O) groups excluding carboxylic acids is 1. The van der Waals surface area contributed by atoms with Crippen LogP contribution in [0.1, 0.15) is 101 Å². The van der Waals surface area contributed by atoms with Crippen molar-refractivity contribution in [3.63, 3.8) is 0 Å². The first-order valence-corrected chi connectivity index (χ1v) is 18.6. The molecule has 0 fully saturated rings. The molecule has 0 radical (unpaired) electrons. The van der Waals surface area contributed by atoms with E-state index in [2.05, 4.69) is 25.5 Å². The van der Waals surface area contributed by atoms with E-state index in [1.165, 1.54) is 41.2 Å². The molecule has 5 heterocycles. The predicted octanol–water partition coefficient (Wildman–Crippen LogP) is 9.16. The van der Waals surface area contributed by atoms with E-state index in [4.69, 9.17) is 4.74 Å². The zero-order chi connectivity index (χ0) is 41.6. The molecule has 0 saturated heterocycles. The average Bonchev–Trinajstić information content (AvgIpc) is 3.68. The molecule has 4 aromatic heterocycles. The highest BCUT2D eigenvalue weighted by Crippen LogP contribution is 2.35. The summed E-state index contributed by atoms with van der Waals surface area (Å²) in [5.74, 6) is -3.49. The molecule has 1 atom stereocenters. The molecular formula is C43H39F4N7O4. The van der Waals surface area contributed by atoms with Crippen molar-refractivity contribution < 1.29 is 37.0 Å². The van der Waals surface area contributed by atoms with Crippen LogP contribution in [0, 0.1) is 37.1 Å². The molecule has 1 aliphatic heterocycles. The molecule has 0 aliphatic carbocycles. The fourth-order valence-corrected chi connectivity index (χ4v) is 7.48. The second-order valence-corrected chi connectivity index (χ2v) is 14.6. The maximum Gasteiger partial charge on any atom is 0.337 e. The third kappa shape index (κ3) is 7.46. The number of aryl methyl sites for hydroxylation is 2. The number of hydrogen-bond donors (Lipinski definition) is 2. The van der Waals surface area contributed by atoms with Crippen LogP contribution < -0.4 is 10.1 Å². The molecule has 8 rings (SSSR count). The quantitative estimate of drug-likeness (QED) is 0.153. The highest BCUT2D eigenvalue weighted by Gasteiger charge is 2.28. The van der Waals surface area contributed by atoms with E-state index in [0.717, 1.165) is 29.0 Å². The average molecular weight is 794 g/mol. The molecule has 58 heavy (non-hydrogen) atoms. The lowest BCUT2D eigenvalue weighted by atomic mass is 9.97. The SMILES string of the molecule is Cc1nc2c(C(C)C)c(C(=O)N[C@H]3CCOc4ccccc43)cnn2c1-c1cc(F)cc(F)c1.Cc1nc2c(C(C)C)c(C(=O)O)cnn2c1-c1cc(F)cc(F)c1. The van der Waals surface area contributed by atoms with Gasteiger partial charge in [-0.3, -0.25) is 4.79 Å². The molecule has 1 aliphatic rings. The van der Waals surface area contributed by atoms with Crippen molar-refractivity contribution >= 4 is 23.2 Å². The fourth-order valence-electron chi connectivity index (χ4n) is 7.48. The molecule has 0 bridgehead atoms. The normalized spacial score (nSPS) is 13.7. The number of carboxylic acid groups (broad SMARTS) is 1. The first-order valence-electron chi connectivity index (χ1n) is 18.6. The Bertz CT molecular complexity index is 2700. The molecule has 7 aromatic rings. The van der Waals surface area contributed by atoms with E-state index in [1.807, 2.05) is 52.0 Å². The Balaban J connectivity index is 0.000000188. The van der Waals surface area contributed by atoms with E-state index in [9.17, 15) is 32.3 Å². The summed E-state index contributed by atoms with van der Waals surface area (Å²) in [6, 6.07) is 14.0. The molecule has 1 amide bonds. The van der Waals surface area contributed by atoms with Gasteiger partial charge in [0, 0.05) is 46.4 Å². The summed E-state index contributed by atoms with van der Waals surface area (Å²) < 4.78 is 63.6. The molecule has 2 N–H and O–H groups in total. The van der Waals surface area contributed by atoms with Crippen molar-refractivity contribution in [1.82, 2.24) is 34.5 Å². The molecule has 15 heteroatoms. The Labute approximate surface area is 330 Å². The van der Waals surface area contributed by atoms with Gasteiger partial charge in [0.25, 0.3) is 5.91 Å². The molecule has 298 valence electrons. The number of fused-ring (bicyclic) bond motifs is 3. The zero-order valence-corrected chi connectivity index (χ0v) is 32.4. The number of benzene rings is 3. The minimum atomic E-state index is -1.09. The number of amides is 1. The second-order valence-electron chi connectivity index (χ2n) is 14.6. The van der Waals surface area contributed by atoms with Crippen LogP contribution in [-0.2, 0) is 0 Å². The first-order chi connectivity index (χ1) is 27.6. The number of aromatic carboxylic acids is 1. The smallest absolute Gasteiger partial charge is 0.337 e. The fraction of sp³-hybridized carbons (Fsp3) is 0.256. The van der Waals surface area contributed by atoms with Gasteiger partial charge < -0.3 is 15.2 Å². The minimum Gasteiger partial charge on any atom is -0.493 e.